The molecule has 10 unspecified atom stereocenters. The third kappa shape index (κ3) is 17.1. The molecule has 0 aromatic rings. The molecule has 5 heterocycles. The molecule has 0 radical (unpaired) electrons. The quantitative estimate of drug-likeness (QED) is 0.0322. The van der Waals surface area contributed by atoms with Gasteiger partial charge in [0, 0.05) is 137 Å². The van der Waals surface area contributed by atoms with Crippen LogP contribution >= 0.6 is 0 Å². The monoisotopic (exact) mass is 1160 g/mol. The highest BCUT2D eigenvalue weighted by Crippen LogP contribution is 2.43. The van der Waals surface area contributed by atoms with Crippen LogP contribution in [0.2, 0.25) is 0 Å². The molecule has 5 aliphatic rings. The van der Waals surface area contributed by atoms with E-state index in [1.165, 1.54) is 49.8 Å². The summed E-state index contributed by atoms with van der Waals surface area (Å²) in [6.45, 7) is -1.35. The number of unbranched alkanes of at least 4 members (excludes halogenated alkanes) is 5. The summed E-state index contributed by atoms with van der Waals surface area (Å²) < 4.78 is 108. The van der Waals surface area contributed by atoms with Crippen LogP contribution in [-0.4, -0.2) is 292 Å². The van der Waals surface area contributed by atoms with E-state index in [1.807, 2.05) is 0 Å². The largest absolute Gasteiger partial charge is 0.396 e. The van der Waals surface area contributed by atoms with E-state index in [4.69, 9.17) is 80.5 Å². The summed E-state index contributed by atoms with van der Waals surface area (Å²) in [5.41, 5.74) is 0. The van der Waals surface area contributed by atoms with Crippen molar-refractivity contribution in [2.75, 3.05) is 136 Å². The Bertz CT molecular complexity index is 1610. The minimum Gasteiger partial charge on any atom is -0.396 e. The maximum Gasteiger partial charge on any atom is 0.187 e. The SMILES string of the molecule is CCCCCCCCO[C@H]1OC(CCO)[C@@H](CO)[C@H](CO)C1O[C@H]1OC(COC)[C@@H](CO)[C@H](O[C@H]2OC(COC)[C@@H](CO)[C@H](O[C@H]3OC(COC)[C@@H](CO)[C@H](O[C@H]4OC(CCO)[C@@H](CO)[C@H](CO)C4OC)C3OC)C2OC)C1OC. The molecular formula is C54H100O26. The lowest BCUT2D eigenvalue weighted by Gasteiger charge is -2.53. The zero-order valence-corrected chi connectivity index (χ0v) is 48.2. The van der Waals surface area contributed by atoms with Gasteiger partial charge in [-0.3, -0.25) is 0 Å². The average Bonchev–Trinajstić information content (AvgIpc) is 3.48. The summed E-state index contributed by atoms with van der Waals surface area (Å²) in [4.78, 5) is 0. The third-order valence-corrected chi connectivity index (χ3v) is 16.8. The fraction of sp³-hybridized carbons (Fsp3) is 1.00. The summed E-state index contributed by atoms with van der Waals surface area (Å²) in [7, 11) is 10.0. The van der Waals surface area contributed by atoms with E-state index < -0.39 is 192 Å². The lowest BCUT2D eigenvalue weighted by atomic mass is 9.80. The first-order chi connectivity index (χ1) is 39.0. The second-order valence-electron chi connectivity index (χ2n) is 21.4. The molecule has 472 valence electrons. The predicted molar refractivity (Wildman–Crippen MR) is 278 cm³/mol. The van der Waals surface area contributed by atoms with Gasteiger partial charge in [-0.2, -0.15) is 0 Å². The highest BCUT2D eigenvalue weighted by Gasteiger charge is 2.58. The van der Waals surface area contributed by atoms with Crippen LogP contribution in [0.3, 0.4) is 0 Å². The van der Waals surface area contributed by atoms with E-state index in [0.717, 1.165) is 38.5 Å². The fourth-order valence-electron chi connectivity index (χ4n) is 12.5. The summed E-state index contributed by atoms with van der Waals surface area (Å²) in [5.74, 6) is -5.34. The molecule has 5 fully saturated rings. The van der Waals surface area contributed by atoms with Crippen LogP contribution in [0.15, 0.2) is 0 Å². The molecule has 26 nitrogen and oxygen atoms in total. The minimum absolute atomic E-state index is 0.0500. The molecule has 25 atom stereocenters. The second kappa shape index (κ2) is 36.8. The zero-order valence-electron chi connectivity index (χ0n) is 48.2. The maximum atomic E-state index is 11.2. The molecule has 5 aliphatic heterocycles. The first kappa shape index (κ1) is 69.7. The van der Waals surface area contributed by atoms with E-state index in [0.29, 0.717) is 6.61 Å². The molecule has 0 aromatic heterocycles. The van der Waals surface area contributed by atoms with Crippen molar-refractivity contribution in [2.45, 2.75) is 169 Å². The molecule has 5 rings (SSSR count). The normalized spacial score (nSPS) is 40.8. The molecule has 26 heteroatoms. The fourth-order valence-corrected chi connectivity index (χ4v) is 12.5. The van der Waals surface area contributed by atoms with Crippen molar-refractivity contribution in [3.8, 4) is 0 Å². The summed E-state index contributed by atoms with van der Waals surface area (Å²) in [6.07, 6.45) is -13.1. The van der Waals surface area contributed by atoms with E-state index >= 15 is 0 Å². The van der Waals surface area contributed by atoms with Crippen molar-refractivity contribution in [1.29, 1.82) is 0 Å². The molecule has 0 aliphatic carbocycles. The van der Waals surface area contributed by atoms with Gasteiger partial charge in [0.05, 0.1) is 88.5 Å². The van der Waals surface area contributed by atoms with Crippen molar-refractivity contribution in [3.05, 3.63) is 0 Å². The maximum absolute atomic E-state index is 11.2. The van der Waals surface area contributed by atoms with Crippen molar-refractivity contribution >= 4 is 0 Å². The lowest BCUT2D eigenvalue weighted by Crippen LogP contribution is -2.67. The van der Waals surface area contributed by atoms with Gasteiger partial charge in [0.25, 0.3) is 0 Å². The van der Waals surface area contributed by atoms with Gasteiger partial charge in [-0.25, -0.2) is 0 Å². The molecule has 0 bridgehead atoms. The molecule has 0 spiro atoms. The first-order valence-electron chi connectivity index (χ1n) is 28.6. The van der Waals surface area contributed by atoms with Crippen LogP contribution in [0.25, 0.3) is 0 Å². The number of ether oxygens (including phenoxy) is 17. The van der Waals surface area contributed by atoms with Gasteiger partial charge in [0.15, 0.2) is 31.5 Å². The Hall–Kier alpha value is -1.04. The van der Waals surface area contributed by atoms with E-state index in [2.05, 4.69) is 6.92 Å². The van der Waals surface area contributed by atoms with Crippen molar-refractivity contribution < 1.29 is 126 Å². The van der Waals surface area contributed by atoms with E-state index in [-0.39, 0.29) is 52.5 Å². The first-order valence-corrected chi connectivity index (χ1v) is 28.6. The Morgan fingerprint density at radius 1 is 0.312 bits per heavy atom. The van der Waals surface area contributed by atoms with Crippen molar-refractivity contribution in [3.63, 3.8) is 0 Å². The second-order valence-corrected chi connectivity index (χ2v) is 21.4. The minimum atomic E-state index is -1.38. The number of aliphatic hydroxyl groups excluding tert-OH is 9. The average molecular weight is 1170 g/mol. The van der Waals surface area contributed by atoms with E-state index in [1.54, 1.807) is 0 Å². The van der Waals surface area contributed by atoms with Gasteiger partial charge in [-0.05, 0) is 19.3 Å². The lowest BCUT2D eigenvalue weighted by molar-refractivity contribution is -0.394. The van der Waals surface area contributed by atoms with Crippen LogP contribution < -0.4 is 0 Å². The predicted octanol–water partition coefficient (Wildman–Crippen LogP) is -1.45. The number of methoxy groups -OCH3 is 7. The van der Waals surface area contributed by atoms with Gasteiger partial charge >= 0.3 is 0 Å². The third-order valence-electron chi connectivity index (χ3n) is 16.8. The Morgan fingerprint density at radius 2 is 0.625 bits per heavy atom. The molecular weight excluding hydrogens is 1060 g/mol. The summed E-state index contributed by atoms with van der Waals surface area (Å²) in [6, 6.07) is 0. The molecule has 0 saturated carbocycles. The molecule has 5 saturated heterocycles. The Labute approximate surface area is 471 Å². The Morgan fingerprint density at radius 3 is 0.963 bits per heavy atom. The van der Waals surface area contributed by atoms with Gasteiger partial charge in [0.2, 0.25) is 0 Å². The number of rotatable bonds is 37. The van der Waals surface area contributed by atoms with Crippen LogP contribution in [0.4, 0.5) is 0 Å². The highest BCUT2D eigenvalue weighted by atomic mass is 16.8. The van der Waals surface area contributed by atoms with Gasteiger partial charge in [0.1, 0.15) is 30.5 Å². The number of hydrogen-bond donors (Lipinski definition) is 9. The Balaban J connectivity index is 1.51. The van der Waals surface area contributed by atoms with Crippen LogP contribution in [-0.2, 0) is 80.5 Å². The standard InChI is InChI=1S/C54H100O26/c1-9-10-11-12-13-14-19-71-50-46(33(23-60)31(21-58)37(72-50)15-17-55)80-54-49(70-8)44(36(26-63)41(76-54)29-66-4)79-53-48(69-7)43(35(25-62)40(75-53)28-65-3)78-52-47(68-6)42(34(24-61)39(74-52)27-64-2)77-51-45(67-5)32(22-59)30(20-57)38(73-51)16-18-56/h30-63H,9-29H2,1-8H3/t30-,31-,32-,33-,34+,35+,36+,37?,38?,39?,40?,41?,42-,43-,44-,45?,46?,47?,48?,49?,50-,51+,52+,53+,54+/m0/s1. The molecule has 80 heavy (non-hydrogen) atoms. The molecule has 9 N–H and O–H groups in total. The zero-order chi connectivity index (χ0) is 58.3. The Kier molecular flexibility index (Phi) is 32.1. The van der Waals surface area contributed by atoms with Gasteiger partial charge in [-0.15, -0.1) is 0 Å². The van der Waals surface area contributed by atoms with E-state index in [9.17, 15) is 46.0 Å². The molecule has 0 amide bonds. The van der Waals surface area contributed by atoms with Crippen molar-refractivity contribution in [2.24, 2.45) is 41.4 Å². The molecule has 0 aromatic carbocycles. The smallest absolute Gasteiger partial charge is 0.187 e. The van der Waals surface area contributed by atoms with Gasteiger partial charge in [-0.1, -0.05) is 39.0 Å². The van der Waals surface area contributed by atoms with Crippen molar-refractivity contribution in [1.82, 2.24) is 0 Å². The number of aliphatic hydroxyl groups is 9. The van der Waals surface area contributed by atoms with Crippen LogP contribution in [0.1, 0.15) is 58.3 Å². The topological polar surface area (TPSA) is 339 Å². The number of hydrogen-bond acceptors (Lipinski definition) is 26. The highest BCUT2D eigenvalue weighted by molar-refractivity contribution is 5.00. The summed E-state index contributed by atoms with van der Waals surface area (Å²) >= 11 is 0. The van der Waals surface area contributed by atoms with Crippen LogP contribution in [0.5, 0.6) is 0 Å². The summed E-state index contributed by atoms with van der Waals surface area (Å²) in [5, 5.41) is 96.1. The van der Waals surface area contributed by atoms with Gasteiger partial charge < -0.3 is 126 Å². The van der Waals surface area contributed by atoms with Crippen LogP contribution in [0, 0.1) is 41.4 Å².